The number of hydrogen-bond acceptors (Lipinski definition) is 3. The van der Waals surface area contributed by atoms with Crippen LogP contribution in [-0.2, 0) is 4.74 Å². The molecule has 1 aliphatic heterocycles. The molecule has 1 saturated heterocycles. The molecule has 1 fully saturated rings. The van der Waals surface area contributed by atoms with Crippen LogP contribution in [-0.4, -0.2) is 56.3 Å². The van der Waals surface area contributed by atoms with Gasteiger partial charge in [0.05, 0.1) is 6.10 Å². The Morgan fingerprint density at radius 2 is 1.83 bits per heavy atom. The van der Waals surface area contributed by atoms with Crippen molar-refractivity contribution in [3.63, 3.8) is 0 Å². The summed E-state index contributed by atoms with van der Waals surface area (Å²) in [6, 6.07) is 7.99. The normalized spacial score (nSPS) is 16.1. The predicted molar refractivity (Wildman–Crippen MR) is 102 cm³/mol. The molecule has 6 heteroatoms. The van der Waals surface area contributed by atoms with Crippen molar-refractivity contribution >= 4 is 23.2 Å². The van der Waals surface area contributed by atoms with E-state index < -0.39 is 0 Å². The monoisotopic (exact) mass is 352 g/mol. The number of nitrogens with zero attached hydrogens (tertiary/aromatic N) is 3. The number of rotatable bonds is 7. The Labute approximate surface area is 150 Å². The van der Waals surface area contributed by atoms with Crippen molar-refractivity contribution in [2.24, 2.45) is 10.7 Å². The van der Waals surface area contributed by atoms with Gasteiger partial charge in [-0.2, -0.15) is 0 Å². The van der Waals surface area contributed by atoms with Crippen molar-refractivity contribution in [1.82, 2.24) is 4.90 Å². The van der Waals surface area contributed by atoms with Crippen LogP contribution in [0.15, 0.2) is 29.3 Å². The first-order valence-corrected chi connectivity index (χ1v) is 9.11. The third-order valence-corrected chi connectivity index (χ3v) is 4.32. The largest absolute Gasteiger partial charge is 0.379 e. The molecule has 2 N–H and O–H groups in total. The van der Waals surface area contributed by atoms with Gasteiger partial charge in [0, 0.05) is 50.0 Å². The van der Waals surface area contributed by atoms with E-state index in [9.17, 15) is 0 Å². The fourth-order valence-corrected chi connectivity index (χ4v) is 2.80. The Bertz CT molecular complexity index is 510. The summed E-state index contributed by atoms with van der Waals surface area (Å²) in [4.78, 5) is 9.02. The van der Waals surface area contributed by atoms with Crippen LogP contribution >= 0.6 is 11.6 Å². The van der Waals surface area contributed by atoms with E-state index in [2.05, 4.69) is 40.8 Å². The Kier molecular flexibility index (Phi) is 7.66. The third-order valence-electron chi connectivity index (χ3n) is 4.07. The van der Waals surface area contributed by atoms with Crippen LogP contribution in [0.25, 0.3) is 0 Å². The van der Waals surface area contributed by atoms with Crippen LogP contribution in [0, 0.1) is 0 Å². The van der Waals surface area contributed by atoms with Gasteiger partial charge in [-0.25, -0.2) is 0 Å². The van der Waals surface area contributed by atoms with Gasteiger partial charge in [-0.3, -0.25) is 4.99 Å². The molecular weight excluding hydrogens is 324 g/mol. The van der Waals surface area contributed by atoms with Crippen LogP contribution in [0.5, 0.6) is 0 Å². The lowest BCUT2D eigenvalue weighted by molar-refractivity contribution is 0.0763. The van der Waals surface area contributed by atoms with Gasteiger partial charge in [-0.05, 0) is 51.0 Å². The lowest BCUT2D eigenvalue weighted by Crippen LogP contribution is -2.51. The summed E-state index contributed by atoms with van der Waals surface area (Å²) >= 11 is 5.94. The molecular formula is C18H29ClN4O. The van der Waals surface area contributed by atoms with Gasteiger partial charge < -0.3 is 20.3 Å². The Hall–Kier alpha value is -1.46. The molecule has 0 bridgehead atoms. The van der Waals surface area contributed by atoms with E-state index in [1.807, 2.05) is 12.1 Å². The van der Waals surface area contributed by atoms with Crippen molar-refractivity contribution in [3.05, 3.63) is 29.3 Å². The maximum absolute atomic E-state index is 6.12. The van der Waals surface area contributed by atoms with Crippen molar-refractivity contribution in [2.75, 3.05) is 44.2 Å². The number of guanidine groups is 1. The second kappa shape index (κ2) is 9.74. The number of nitrogens with two attached hydrogens (primary N) is 1. The number of aliphatic imine (C=N–C) groups is 1. The average molecular weight is 353 g/mol. The first-order chi connectivity index (χ1) is 11.6. The minimum Gasteiger partial charge on any atom is -0.379 e. The van der Waals surface area contributed by atoms with E-state index in [4.69, 9.17) is 22.1 Å². The number of ether oxygens (including phenoxy) is 1. The molecule has 1 heterocycles. The van der Waals surface area contributed by atoms with Crippen LogP contribution in [0.1, 0.15) is 26.7 Å². The average Bonchev–Trinajstić information content (AvgIpc) is 2.58. The summed E-state index contributed by atoms with van der Waals surface area (Å²) in [5.41, 5.74) is 7.33. The highest BCUT2D eigenvalue weighted by molar-refractivity contribution is 6.30. The molecule has 0 spiro atoms. The summed E-state index contributed by atoms with van der Waals surface area (Å²) in [6.07, 6.45) is 2.34. The molecule has 0 atom stereocenters. The zero-order chi connectivity index (χ0) is 17.4. The molecule has 0 amide bonds. The maximum atomic E-state index is 6.12. The second-order valence-corrected chi connectivity index (χ2v) is 6.75. The molecule has 0 aliphatic carbocycles. The smallest absolute Gasteiger partial charge is 0.191 e. The van der Waals surface area contributed by atoms with Gasteiger partial charge in [0.1, 0.15) is 0 Å². The Morgan fingerprint density at radius 3 is 2.46 bits per heavy atom. The summed E-state index contributed by atoms with van der Waals surface area (Å²) in [5.74, 6) is 0.663. The fraction of sp³-hybridized carbons (Fsp3) is 0.611. The van der Waals surface area contributed by atoms with Crippen LogP contribution in [0.2, 0.25) is 5.02 Å². The van der Waals surface area contributed by atoms with Crippen LogP contribution in [0.3, 0.4) is 0 Å². The quantitative estimate of drug-likeness (QED) is 0.465. The summed E-state index contributed by atoms with van der Waals surface area (Å²) in [5, 5.41) is 0.771. The SMILES string of the molecule is CC(C)OCCCCN=C(N)N1CCN(c2ccc(Cl)cc2)CC1. The van der Waals surface area contributed by atoms with Crippen molar-refractivity contribution in [1.29, 1.82) is 0 Å². The minimum atomic E-state index is 0.301. The van der Waals surface area contributed by atoms with Gasteiger partial charge >= 0.3 is 0 Å². The Balaban J connectivity index is 1.69. The molecule has 2 rings (SSSR count). The third kappa shape index (κ3) is 6.21. The van der Waals surface area contributed by atoms with Gasteiger partial charge in [-0.1, -0.05) is 11.6 Å². The predicted octanol–water partition coefficient (Wildman–Crippen LogP) is 2.98. The Morgan fingerprint density at radius 1 is 1.17 bits per heavy atom. The van der Waals surface area contributed by atoms with Gasteiger partial charge in [-0.15, -0.1) is 0 Å². The fourth-order valence-electron chi connectivity index (χ4n) is 2.67. The number of piperazine rings is 1. The molecule has 1 aromatic rings. The maximum Gasteiger partial charge on any atom is 0.191 e. The lowest BCUT2D eigenvalue weighted by atomic mass is 10.2. The molecule has 1 aliphatic rings. The number of benzene rings is 1. The van der Waals surface area contributed by atoms with Crippen LogP contribution < -0.4 is 10.6 Å². The van der Waals surface area contributed by atoms with Crippen molar-refractivity contribution in [2.45, 2.75) is 32.8 Å². The summed E-state index contributed by atoms with van der Waals surface area (Å²) in [7, 11) is 0. The first kappa shape index (κ1) is 18.9. The van der Waals surface area contributed by atoms with E-state index in [0.29, 0.717) is 12.1 Å². The zero-order valence-electron chi connectivity index (χ0n) is 14.7. The molecule has 0 unspecified atom stereocenters. The molecule has 0 aromatic heterocycles. The number of halogens is 1. The highest BCUT2D eigenvalue weighted by atomic mass is 35.5. The van der Waals surface area contributed by atoms with E-state index in [-0.39, 0.29) is 0 Å². The molecule has 0 saturated carbocycles. The van der Waals surface area contributed by atoms with E-state index >= 15 is 0 Å². The van der Waals surface area contributed by atoms with Gasteiger partial charge in [0.15, 0.2) is 5.96 Å². The van der Waals surface area contributed by atoms with Crippen molar-refractivity contribution < 1.29 is 4.74 Å². The van der Waals surface area contributed by atoms with E-state index in [1.165, 1.54) is 5.69 Å². The van der Waals surface area contributed by atoms with Crippen LogP contribution in [0.4, 0.5) is 5.69 Å². The zero-order valence-corrected chi connectivity index (χ0v) is 15.5. The van der Waals surface area contributed by atoms with Crippen molar-refractivity contribution in [3.8, 4) is 0 Å². The minimum absolute atomic E-state index is 0.301. The van der Waals surface area contributed by atoms with Gasteiger partial charge in [0.25, 0.3) is 0 Å². The summed E-state index contributed by atoms with van der Waals surface area (Å²) < 4.78 is 5.52. The lowest BCUT2D eigenvalue weighted by Gasteiger charge is -2.36. The number of hydrogen-bond donors (Lipinski definition) is 1. The number of anilines is 1. The highest BCUT2D eigenvalue weighted by Gasteiger charge is 2.18. The van der Waals surface area contributed by atoms with E-state index in [0.717, 1.165) is 57.2 Å². The summed E-state index contributed by atoms with van der Waals surface area (Å²) in [6.45, 7) is 9.36. The highest BCUT2D eigenvalue weighted by Crippen LogP contribution is 2.19. The topological polar surface area (TPSA) is 54.1 Å². The standard InChI is InChI=1S/C18H29ClN4O/c1-15(2)24-14-4-3-9-21-18(20)23-12-10-22(11-13-23)17-7-5-16(19)6-8-17/h5-8,15H,3-4,9-14H2,1-2H3,(H2,20,21). The molecule has 1 aromatic carbocycles. The molecule has 24 heavy (non-hydrogen) atoms. The second-order valence-electron chi connectivity index (χ2n) is 6.32. The van der Waals surface area contributed by atoms with Gasteiger partial charge in [0.2, 0.25) is 0 Å². The molecule has 5 nitrogen and oxygen atoms in total. The molecule has 0 radical (unpaired) electrons. The number of unbranched alkanes of at least 4 members (excludes halogenated alkanes) is 1. The first-order valence-electron chi connectivity index (χ1n) is 8.73. The van der Waals surface area contributed by atoms with E-state index in [1.54, 1.807) is 0 Å². The molecule has 134 valence electrons.